The largest absolute Gasteiger partial charge is 0.361 e. The number of fused-ring (bicyclic) bond motifs is 1. The summed E-state index contributed by atoms with van der Waals surface area (Å²) in [7, 11) is -3.72. The number of benzene rings is 3. The summed E-state index contributed by atoms with van der Waals surface area (Å²) in [5, 5.41) is 1.25. The summed E-state index contributed by atoms with van der Waals surface area (Å²) < 4.78 is 28.0. The van der Waals surface area contributed by atoms with Crippen LogP contribution < -0.4 is 4.72 Å². The minimum absolute atomic E-state index is 0.0622. The molecule has 0 saturated carbocycles. The van der Waals surface area contributed by atoms with Crippen LogP contribution in [-0.2, 0) is 10.0 Å². The smallest absolute Gasteiger partial charge is 0.261 e. The zero-order valence-corrected chi connectivity index (χ0v) is 19.8. The third-order valence-corrected chi connectivity index (χ3v) is 7.96. The zero-order chi connectivity index (χ0) is 23.7. The Labute approximate surface area is 199 Å². The van der Waals surface area contributed by atoms with Crippen LogP contribution in [0.15, 0.2) is 83.9 Å². The van der Waals surface area contributed by atoms with Gasteiger partial charge in [0.1, 0.15) is 0 Å². The second-order valence-electron chi connectivity index (χ2n) is 8.85. The molecule has 0 radical (unpaired) electrons. The van der Waals surface area contributed by atoms with Crippen LogP contribution in [0.5, 0.6) is 0 Å². The lowest BCUT2D eigenvalue weighted by molar-refractivity contribution is 0.0713. The Balaban J connectivity index is 1.23. The third-order valence-electron chi connectivity index (χ3n) is 6.56. The lowest BCUT2D eigenvalue weighted by atomic mass is 9.89. The number of nitrogens with one attached hydrogen (secondary N) is 2. The van der Waals surface area contributed by atoms with Crippen molar-refractivity contribution in [3.63, 3.8) is 0 Å². The first kappa shape index (κ1) is 22.2. The fraction of sp³-hybridized carbons (Fsp3) is 0.222. The van der Waals surface area contributed by atoms with E-state index in [1.807, 2.05) is 30.0 Å². The summed E-state index contributed by atoms with van der Waals surface area (Å²) in [6.45, 7) is 3.30. The van der Waals surface area contributed by atoms with Crippen LogP contribution in [0.3, 0.4) is 0 Å². The van der Waals surface area contributed by atoms with Gasteiger partial charge < -0.3 is 9.88 Å². The van der Waals surface area contributed by atoms with Gasteiger partial charge in [0.05, 0.1) is 4.90 Å². The number of para-hydroxylation sites is 1. The van der Waals surface area contributed by atoms with Gasteiger partial charge in [-0.05, 0) is 73.7 Å². The van der Waals surface area contributed by atoms with E-state index < -0.39 is 10.0 Å². The number of carbonyl (C=O) groups excluding carboxylic acids is 1. The highest BCUT2D eigenvalue weighted by Gasteiger charge is 2.26. The fourth-order valence-electron chi connectivity index (χ4n) is 4.62. The Hall–Kier alpha value is -3.58. The van der Waals surface area contributed by atoms with Crippen molar-refractivity contribution in [1.82, 2.24) is 9.88 Å². The molecule has 34 heavy (non-hydrogen) atoms. The predicted octanol–water partition coefficient (Wildman–Crippen LogP) is 5.30. The van der Waals surface area contributed by atoms with E-state index >= 15 is 0 Å². The van der Waals surface area contributed by atoms with E-state index in [1.165, 1.54) is 23.1 Å². The second kappa shape index (κ2) is 8.99. The molecule has 0 unspecified atom stereocenters. The summed E-state index contributed by atoms with van der Waals surface area (Å²) in [6.07, 6.45) is 3.90. The van der Waals surface area contributed by atoms with Gasteiger partial charge in [-0.2, -0.15) is 0 Å². The molecule has 1 aliphatic rings. The van der Waals surface area contributed by atoms with Crippen LogP contribution in [0.4, 0.5) is 5.69 Å². The minimum atomic E-state index is -3.72. The van der Waals surface area contributed by atoms with Crippen molar-refractivity contribution in [2.75, 3.05) is 17.8 Å². The van der Waals surface area contributed by atoms with Crippen molar-refractivity contribution >= 4 is 32.5 Å². The van der Waals surface area contributed by atoms with Gasteiger partial charge in [0, 0.05) is 41.4 Å². The lowest BCUT2D eigenvalue weighted by Gasteiger charge is -2.32. The van der Waals surface area contributed by atoms with Crippen molar-refractivity contribution < 1.29 is 13.2 Å². The highest BCUT2D eigenvalue weighted by atomic mass is 32.2. The first-order chi connectivity index (χ1) is 16.4. The van der Waals surface area contributed by atoms with Gasteiger partial charge in [-0.25, -0.2) is 8.42 Å². The Morgan fingerprint density at radius 2 is 1.62 bits per heavy atom. The number of nitrogens with zero attached hydrogens (tertiary/aromatic N) is 1. The number of aromatic amines is 1. The molecule has 4 aromatic rings. The highest BCUT2D eigenvalue weighted by molar-refractivity contribution is 7.92. The van der Waals surface area contributed by atoms with E-state index in [-0.39, 0.29) is 10.8 Å². The molecule has 6 nitrogen and oxygen atoms in total. The van der Waals surface area contributed by atoms with Crippen molar-refractivity contribution in [1.29, 1.82) is 0 Å². The SMILES string of the molecule is Cc1ccc(NS(=O)(=O)c2ccc(C(=O)N3CCC(c4c[nH]c5ccccc45)CC3)cc2)cc1. The maximum atomic E-state index is 13.0. The average molecular weight is 474 g/mol. The number of H-pyrrole nitrogens is 1. The summed E-state index contributed by atoms with van der Waals surface area (Å²) in [5.74, 6) is 0.355. The number of anilines is 1. The first-order valence-electron chi connectivity index (χ1n) is 11.5. The quantitative estimate of drug-likeness (QED) is 0.413. The maximum Gasteiger partial charge on any atom is 0.261 e. The fourth-order valence-corrected chi connectivity index (χ4v) is 5.68. The van der Waals surface area contributed by atoms with Crippen LogP contribution in [0.25, 0.3) is 10.9 Å². The summed E-state index contributed by atoms with van der Waals surface area (Å²) in [4.78, 5) is 18.4. The normalized spacial score (nSPS) is 14.9. The van der Waals surface area contributed by atoms with Crippen LogP contribution in [0, 0.1) is 6.92 Å². The number of aromatic nitrogens is 1. The third kappa shape index (κ3) is 4.43. The molecule has 3 aromatic carbocycles. The maximum absolute atomic E-state index is 13.0. The Kier molecular flexibility index (Phi) is 5.87. The molecule has 0 aliphatic carbocycles. The number of rotatable bonds is 5. The molecule has 5 rings (SSSR count). The monoisotopic (exact) mass is 473 g/mol. The molecule has 0 atom stereocenters. The molecular weight excluding hydrogens is 446 g/mol. The highest BCUT2D eigenvalue weighted by Crippen LogP contribution is 2.33. The van der Waals surface area contributed by atoms with E-state index in [2.05, 4.69) is 34.1 Å². The lowest BCUT2D eigenvalue weighted by Crippen LogP contribution is -2.37. The molecule has 1 saturated heterocycles. The number of carbonyl (C=O) groups is 1. The van der Waals surface area contributed by atoms with Crippen molar-refractivity contribution in [3.8, 4) is 0 Å². The van der Waals surface area contributed by atoms with E-state index in [0.717, 1.165) is 23.9 Å². The van der Waals surface area contributed by atoms with Crippen LogP contribution in [0.1, 0.15) is 40.2 Å². The second-order valence-corrected chi connectivity index (χ2v) is 10.5. The summed E-state index contributed by atoms with van der Waals surface area (Å²) in [5.41, 5.74) is 4.52. The molecule has 1 aromatic heterocycles. The number of hydrogen-bond donors (Lipinski definition) is 2. The van der Waals surface area contributed by atoms with E-state index in [4.69, 9.17) is 0 Å². The molecule has 1 fully saturated rings. The number of piperidine rings is 1. The predicted molar refractivity (Wildman–Crippen MR) is 135 cm³/mol. The number of aryl methyl sites for hydroxylation is 1. The molecule has 1 amide bonds. The molecule has 0 bridgehead atoms. The van der Waals surface area contributed by atoms with Gasteiger partial charge >= 0.3 is 0 Å². The van der Waals surface area contributed by atoms with Crippen LogP contribution in [0.2, 0.25) is 0 Å². The number of likely N-dealkylation sites (tertiary alicyclic amines) is 1. The minimum Gasteiger partial charge on any atom is -0.361 e. The molecule has 0 spiro atoms. The summed E-state index contributed by atoms with van der Waals surface area (Å²) in [6, 6.07) is 21.6. The van der Waals surface area contributed by atoms with Crippen molar-refractivity contribution in [3.05, 3.63) is 95.7 Å². The van der Waals surface area contributed by atoms with Gasteiger partial charge in [0.15, 0.2) is 0 Å². The van der Waals surface area contributed by atoms with Gasteiger partial charge in [-0.3, -0.25) is 9.52 Å². The van der Waals surface area contributed by atoms with Crippen molar-refractivity contribution in [2.24, 2.45) is 0 Å². The Bertz CT molecular complexity index is 1420. The molecule has 7 heteroatoms. The Morgan fingerprint density at radius 1 is 0.941 bits per heavy atom. The van der Waals surface area contributed by atoms with Gasteiger partial charge in [0.25, 0.3) is 15.9 Å². The van der Waals surface area contributed by atoms with Gasteiger partial charge in [-0.15, -0.1) is 0 Å². The van der Waals surface area contributed by atoms with Gasteiger partial charge in [-0.1, -0.05) is 35.9 Å². The average Bonchev–Trinajstić information content (AvgIpc) is 3.29. The van der Waals surface area contributed by atoms with Crippen molar-refractivity contribution in [2.45, 2.75) is 30.6 Å². The molecule has 1 aliphatic heterocycles. The molecular formula is C27H27N3O3S. The van der Waals surface area contributed by atoms with Crippen LogP contribution >= 0.6 is 0 Å². The van der Waals surface area contributed by atoms with Crippen LogP contribution in [-0.4, -0.2) is 37.3 Å². The standard InChI is InChI=1S/C27H27N3O3S/c1-19-6-10-22(11-7-19)29-34(32,33)23-12-8-21(9-13-23)27(31)30-16-14-20(15-17-30)25-18-28-26-5-3-2-4-24(25)26/h2-13,18,20,28-29H,14-17H2,1H3. The molecule has 2 heterocycles. The van der Waals surface area contributed by atoms with E-state index in [1.54, 1.807) is 24.3 Å². The first-order valence-corrected chi connectivity index (χ1v) is 12.9. The number of amides is 1. The van der Waals surface area contributed by atoms with E-state index in [9.17, 15) is 13.2 Å². The zero-order valence-electron chi connectivity index (χ0n) is 19.0. The molecule has 174 valence electrons. The summed E-state index contributed by atoms with van der Waals surface area (Å²) >= 11 is 0. The topological polar surface area (TPSA) is 82.3 Å². The number of sulfonamides is 1. The number of hydrogen-bond acceptors (Lipinski definition) is 3. The van der Waals surface area contributed by atoms with E-state index in [0.29, 0.717) is 30.3 Å². The van der Waals surface area contributed by atoms with Gasteiger partial charge in [0.2, 0.25) is 0 Å². The Morgan fingerprint density at radius 3 is 2.32 bits per heavy atom. The molecule has 2 N–H and O–H groups in total.